The Morgan fingerprint density at radius 1 is 1.25 bits per heavy atom. The molecule has 3 nitrogen and oxygen atoms in total. The summed E-state index contributed by atoms with van der Waals surface area (Å²) in [5.74, 6) is 2.48. The molecule has 2 N–H and O–H groups in total. The number of rotatable bonds is 5. The van der Waals surface area contributed by atoms with Gasteiger partial charge < -0.3 is 10.2 Å². The van der Waals surface area contributed by atoms with Gasteiger partial charge in [0, 0.05) is 13.1 Å². The Kier molecular flexibility index (Phi) is 5.73. The summed E-state index contributed by atoms with van der Waals surface area (Å²) in [5, 5.41) is 18.1. The normalized spacial score (nSPS) is 15.7. The molecule has 0 saturated heterocycles. The van der Waals surface area contributed by atoms with Gasteiger partial charge in [-0.3, -0.25) is 4.90 Å². The standard InChI is InChI=1S/C9H17NO2/c1-4-5-10(6-8(2)11)7-9(3)12/h1,8-9,11-12H,5-7H2,2-3H3. The predicted octanol–water partition coefficient (Wildman–Crippen LogP) is -0.317. The van der Waals surface area contributed by atoms with Crippen molar-refractivity contribution in [2.45, 2.75) is 26.1 Å². The molecule has 2 unspecified atom stereocenters. The summed E-state index contributed by atoms with van der Waals surface area (Å²) in [6.07, 6.45) is 4.31. The van der Waals surface area contributed by atoms with Crippen LogP contribution in [0.15, 0.2) is 0 Å². The van der Waals surface area contributed by atoms with Crippen molar-refractivity contribution >= 4 is 0 Å². The number of nitrogens with zero attached hydrogens (tertiary/aromatic N) is 1. The van der Waals surface area contributed by atoms with E-state index in [4.69, 9.17) is 16.6 Å². The third kappa shape index (κ3) is 6.17. The van der Waals surface area contributed by atoms with Gasteiger partial charge in [-0.05, 0) is 13.8 Å². The van der Waals surface area contributed by atoms with Crippen molar-refractivity contribution in [3.8, 4) is 12.3 Å². The monoisotopic (exact) mass is 171 g/mol. The zero-order valence-electron chi connectivity index (χ0n) is 7.70. The van der Waals surface area contributed by atoms with Gasteiger partial charge in [-0.1, -0.05) is 5.92 Å². The molecule has 0 aromatic heterocycles. The van der Waals surface area contributed by atoms with Crippen LogP contribution < -0.4 is 0 Å². The first-order valence-electron chi connectivity index (χ1n) is 4.08. The fraction of sp³-hybridized carbons (Fsp3) is 0.778. The molecule has 0 fully saturated rings. The summed E-state index contributed by atoms with van der Waals surface area (Å²) < 4.78 is 0. The highest BCUT2D eigenvalue weighted by atomic mass is 16.3. The summed E-state index contributed by atoms with van der Waals surface area (Å²) in [6.45, 7) is 4.89. The van der Waals surface area contributed by atoms with Gasteiger partial charge in [0.25, 0.3) is 0 Å². The zero-order chi connectivity index (χ0) is 9.56. The lowest BCUT2D eigenvalue weighted by Crippen LogP contribution is -2.36. The van der Waals surface area contributed by atoms with Crippen LogP contribution >= 0.6 is 0 Å². The Hall–Kier alpha value is -0.560. The lowest BCUT2D eigenvalue weighted by atomic mass is 10.3. The van der Waals surface area contributed by atoms with Crippen LogP contribution in [0.4, 0.5) is 0 Å². The first-order valence-corrected chi connectivity index (χ1v) is 4.08. The predicted molar refractivity (Wildman–Crippen MR) is 48.6 cm³/mol. The van der Waals surface area contributed by atoms with E-state index in [0.29, 0.717) is 19.6 Å². The van der Waals surface area contributed by atoms with Crippen molar-refractivity contribution in [3.05, 3.63) is 0 Å². The van der Waals surface area contributed by atoms with E-state index in [0.717, 1.165) is 0 Å². The number of aliphatic hydroxyl groups excluding tert-OH is 2. The number of hydrogen-bond donors (Lipinski definition) is 2. The maximum absolute atomic E-state index is 9.07. The topological polar surface area (TPSA) is 43.7 Å². The number of aliphatic hydroxyl groups is 2. The molecule has 0 amide bonds. The van der Waals surface area contributed by atoms with Gasteiger partial charge >= 0.3 is 0 Å². The van der Waals surface area contributed by atoms with Crippen LogP contribution in [0.3, 0.4) is 0 Å². The van der Waals surface area contributed by atoms with E-state index in [-0.39, 0.29) is 0 Å². The van der Waals surface area contributed by atoms with Crippen LogP contribution in [0.25, 0.3) is 0 Å². The van der Waals surface area contributed by atoms with Crippen molar-refractivity contribution in [2.75, 3.05) is 19.6 Å². The van der Waals surface area contributed by atoms with E-state index in [1.165, 1.54) is 0 Å². The average molecular weight is 171 g/mol. The van der Waals surface area contributed by atoms with Crippen LogP contribution in [-0.4, -0.2) is 47.0 Å². The molecular weight excluding hydrogens is 154 g/mol. The SMILES string of the molecule is C#CCN(CC(C)O)CC(C)O. The summed E-state index contributed by atoms with van der Waals surface area (Å²) >= 11 is 0. The van der Waals surface area contributed by atoms with Gasteiger partial charge in [-0.2, -0.15) is 0 Å². The second kappa shape index (κ2) is 6.01. The molecule has 70 valence electrons. The van der Waals surface area contributed by atoms with Gasteiger partial charge in [0.2, 0.25) is 0 Å². The minimum atomic E-state index is -0.405. The highest BCUT2D eigenvalue weighted by Gasteiger charge is 2.08. The quantitative estimate of drug-likeness (QED) is 0.557. The second-order valence-electron chi connectivity index (χ2n) is 3.10. The van der Waals surface area contributed by atoms with Crippen molar-refractivity contribution in [1.82, 2.24) is 4.90 Å². The highest BCUT2D eigenvalue weighted by Crippen LogP contribution is 1.94. The van der Waals surface area contributed by atoms with E-state index in [1.54, 1.807) is 13.8 Å². The van der Waals surface area contributed by atoms with Gasteiger partial charge in [-0.15, -0.1) is 6.42 Å². The molecule has 0 aromatic carbocycles. The number of terminal acetylenes is 1. The van der Waals surface area contributed by atoms with E-state index in [1.807, 2.05) is 4.90 Å². The minimum Gasteiger partial charge on any atom is -0.392 e. The molecule has 0 radical (unpaired) electrons. The van der Waals surface area contributed by atoms with Gasteiger partial charge in [-0.25, -0.2) is 0 Å². The molecule has 0 saturated carbocycles. The molecule has 0 heterocycles. The second-order valence-corrected chi connectivity index (χ2v) is 3.10. The van der Waals surface area contributed by atoms with Gasteiger partial charge in [0.05, 0.1) is 18.8 Å². The summed E-state index contributed by atoms with van der Waals surface area (Å²) in [6, 6.07) is 0. The van der Waals surface area contributed by atoms with E-state index >= 15 is 0 Å². The molecular formula is C9H17NO2. The molecule has 0 spiro atoms. The van der Waals surface area contributed by atoms with Gasteiger partial charge in [0.1, 0.15) is 0 Å². The molecule has 0 aliphatic rings. The molecule has 0 aliphatic heterocycles. The average Bonchev–Trinajstić information content (AvgIpc) is 1.84. The third-order valence-corrected chi connectivity index (χ3v) is 1.36. The van der Waals surface area contributed by atoms with Crippen LogP contribution in [0.5, 0.6) is 0 Å². The minimum absolute atomic E-state index is 0.405. The molecule has 0 aromatic rings. The fourth-order valence-corrected chi connectivity index (χ4v) is 1.08. The maximum atomic E-state index is 9.07. The number of hydrogen-bond acceptors (Lipinski definition) is 3. The smallest absolute Gasteiger partial charge is 0.0639 e. The van der Waals surface area contributed by atoms with Crippen LogP contribution in [0, 0.1) is 12.3 Å². The van der Waals surface area contributed by atoms with Crippen LogP contribution in [0.1, 0.15) is 13.8 Å². The Bertz CT molecular complexity index is 139. The molecule has 12 heavy (non-hydrogen) atoms. The van der Waals surface area contributed by atoms with Crippen molar-refractivity contribution in [2.24, 2.45) is 0 Å². The lowest BCUT2D eigenvalue weighted by molar-refractivity contribution is 0.0918. The summed E-state index contributed by atoms with van der Waals surface area (Å²) in [4.78, 5) is 1.84. The summed E-state index contributed by atoms with van der Waals surface area (Å²) in [5.41, 5.74) is 0. The van der Waals surface area contributed by atoms with Crippen molar-refractivity contribution < 1.29 is 10.2 Å². The lowest BCUT2D eigenvalue weighted by Gasteiger charge is -2.22. The first kappa shape index (κ1) is 11.4. The van der Waals surface area contributed by atoms with E-state index in [9.17, 15) is 0 Å². The first-order chi connectivity index (χ1) is 5.56. The van der Waals surface area contributed by atoms with E-state index < -0.39 is 12.2 Å². The molecule has 2 atom stereocenters. The Morgan fingerprint density at radius 2 is 1.67 bits per heavy atom. The molecule has 3 heteroatoms. The maximum Gasteiger partial charge on any atom is 0.0639 e. The van der Waals surface area contributed by atoms with Gasteiger partial charge in [0.15, 0.2) is 0 Å². The molecule has 0 rings (SSSR count). The largest absolute Gasteiger partial charge is 0.392 e. The van der Waals surface area contributed by atoms with Crippen LogP contribution in [0.2, 0.25) is 0 Å². The molecule has 0 aliphatic carbocycles. The zero-order valence-corrected chi connectivity index (χ0v) is 7.70. The van der Waals surface area contributed by atoms with Crippen molar-refractivity contribution in [1.29, 1.82) is 0 Å². The third-order valence-electron chi connectivity index (χ3n) is 1.36. The Morgan fingerprint density at radius 3 is 1.92 bits per heavy atom. The fourth-order valence-electron chi connectivity index (χ4n) is 1.08. The van der Waals surface area contributed by atoms with Crippen molar-refractivity contribution in [3.63, 3.8) is 0 Å². The van der Waals surface area contributed by atoms with E-state index in [2.05, 4.69) is 5.92 Å². The Labute approximate surface area is 74.0 Å². The van der Waals surface area contributed by atoms with Crippen LogP contribution in [-0.2, 0) is 0 Å². The molecule has 0 bridgehead atoms. The highest BCUT2D eigenvalue weighted by molar-refractivity contribution is 4.88. The Balaban J connectivity index is 3.79. The summed E-state index contributed by atoms with van der Waals surface area (Å²) in [7, 11) is 0.